The van der Waals surface area contributed by atoms with Gasteiger partial charge in [-0.05, 0) is 20.8 Å². The van der Waals surface area contributed by atoms with Crippen molar-refractivity contribution in [3.05, 3.63) is 11.8 Å². The molecule has 22 heavy (non-hydrogen) atoms. The Morgan fingerprint density at radius 1 is 1.45 bits per heavy atom. The third-order valence-electron chi connectivity index (χ3n) is 3.58. The zero-order chi connectivity index (χ0) is 15.9. The summed E-state index contributed by atoms with van der Waals surface area (Å²) in [4.78, 5) is 35.9. The van der Waals surface area contributed by atoms with Crippen molar-refractivity contribution in [2.24, 2.45) is 0 Å². The minimum Gasteiger partial charge on any atom is -0.548 e. The van der Waals surface area contributed by atoms with Gasteiger partial charge in [0, 0.05) is 16.5 Å². The molecule has 0 aliphatic carbocycles. The second kappa shape index (κ2) is 6.82. The van der Waals surface area contributed by atoms with Gasteiger partial charge in [-0.15, -0.1) is 11.8 Å². The van der Waals surface area contributed by atoms with Crippen molar-refractivity contribution in [3.8, 4) is 0 Å². The van der Waals surface area contributed by atoms with Crippen molar-refractivity contribution < 1.29 is 53.8 Å². The average Bonchev–Trinajstić information content (AvgIpc) is 2.64. The summed E-state index contributed by atoms with van der Waals surface area (Å²) < 4.78 is 3.89. The number of methoxy groups -OCH3 is 1. The summed E-state index contributed by atoms with van der Waals surface area (Å²) in [6, 6.07) is -1.48. The number of carbonyl (C=O) groups excluding carboxylic acids is 3. The first-order valence-electron chi connectivity index (χ1n) is 6.42. The van der Waals surface area contributed by atoms with Crippen LogP contribution in [0.15, 0.2) is 11.8 Å². The molecule has 0 aromatic rings. The van der Waals surface area contributed by atoms with Gasteiger partial charge in [-0.1, -0.05) is 0 Å². The number of nitrogens with zero attached hydrogens (tertiary/aromatic N) is 1. The number of esters is 1. The van der Waals surface area contributed by atoms with E-state index in [1.54, 1.807) is 20.8 Å². The van der Waals surface area contributed by atoms with Gasteiger partial charge in [0.05, 0.1) is 19.1 Å². The number of aliphatic carboxylic acids is 1. The van der Waals surface area contributed by atoms with E-state index in [0.717, 1.165) is 0 Å². The molecule has 0 bridgehead atoms. The van der Waals surface area contributed by atoms with Crippen LogP contribution in [0.4, 0.5) is 0 Å². The van der Waals surface area contributed by atoms with E-state index in [4.69, 9.17) is 0 Å². The molecule has 3 atom stereocenters. The topological polar surface area (TPSA) is 98.8 Å². The molecule has 0 radical (unpaired) electrons. The molecule has 116 valence electrons. The molecule has 0 aromatic heterocycles. The van der Waals surface area contributed by atoms with Crippen LogP contribution in [-0.4, -0.2) is 52.1 Å². The van der Waals surface area contributed by atoms with Gasteiger partial charge in [0.2, 0.25) is 5.91 Å². The predicted octanol–water partition coefficient (Wildman–Crippen LogP) is -4.16. The van der Waals surface area contributed by atoms with Gasteiger partial charge in [0.25, 0.3) is 0 Å². The SMILES string of the molecule is COC(=O)C=C(C)N[C@@H]1C(=O)N2[C@@H]1SC(C)(C)[C@@H]2C(=O)[O-].[Na+]. The minimum atomic E-state index is -1.25. The third-order valence-corrected chi connectivity index (χ3v) is 5.15. The van der Waals surface area contributed by atoms with Gasteiger partial charge in [-0.3, -0.25) is 4.79 Å². The Hall–Kier alpha value is -0.700. The number of carboxylic acids is 1. The molecule has 0 unspecified atom stereocenters. The fourth-order valence-electron chi connectivity index (χ4n) is 2.65. The molecule has 9 heteroatoms. The first-order chi connectivity index (χ1) is 9.69. The molecule has 2 saturated heterocycles. The maximum absolute atomic E-state index is 12.2. The molecule has 7 nitrogen and oxygen atoms in total. The van der Waals surface area contributed by atoms with Gasteiger partial charge < -0.3 is 24.9 Å². The van der Waals surface area contributed by atoms with Crippen LogP contribution in [0.5, 0.6) is 0 Å². The molecule has 2 fully saturated rings. The zero-order valence-electron chi connectivity index (χ0n) is 13.2. The first kappa shape index (κ1) is 19.3. The maximum atomic E-state index is 12.2. The Morgan fingerprint density at radius 2 is 2.05 bits per heavy atom. The van der Waals surface area contributed by atoms with Gasteiger partial charge in [-0.25, -0.2) is 4.79 Å². The van der Waals surface area contributed by atoms with Crippen LogP contribution in [0.2, 0.25) is 0 Å². The summed E-state index contributed by atoms with van der Waals surface area (Å²) >= 11 is 1.41. The van der Waals surface area contributed by atoms with E-state index in [0.29, 0.717) is 5.70 Å². The second-order valence-corrected chi connectivity index (χ2v) is 7.32. The van der Waals surface area contributed by atoms with Gasteiger partial charge >= 0.3 is 35.5 Å². The number of amides is 1. The number of hydrogen-bond donors (Lipinski definition) is 1. The smallest absolute Gasteiger partial charge is 0.548 e. The van der Waals surface area contributed by atoms with Crippen molar-refractivity contribution in [1.82, 2.24) is 10.2 Å². The summed E-state index contributed by atoms with van der Waals surface area (Å²) in [5, 5.41) is 13.9. The number of β-lactam (4-membered cyclic amide) rings is 1. The predicted molar refractivity (Wildman–Crippen MR) is 73.8 cm³/mol. The van der Waals surface area contributed by atoms with E-state index in [-0.39, 0.29) is 40.8 Å². The molecule has 1 amide bonds. The molecule has 2 aliphatic rings. The Bertz CT molecular complexity index is 537. The fourth-order valence-corrected chi connectivity index (χ4v) is 4.27. The number of ether oxygens (including phenoxy) is 1. The van der Waals surface area contributed by atoms with E-state index in [1.165, 1.54) is 29.8 Å². The number of rotatable bonds is 4. The van der Waals surface area contributed by atoms with Gasteiger partial charge in [0.15, 0.2) is 0 Å². The van der Waals surface area contributed by atoms with Crippen LogP contribution in [0, 0.1) is 0 Å². The Morgan fingerprint density at radius 3 is 2.55 bits per heavy atom. The number of fused-ring (bicyclic) bond motifs is 1. The monoisotopic (exact) mass is 336 g/mol. The van der Waals surface area contributed by atoms with Gasteiger partial charge in [-0.2, -0.15) is 0 Å². The van der Waals surface area contributed by atoms with Crippen molar-refractivity contribution in [2.45, 2.75) is 43.0 Å². The summed E-state index contributed by atoms with van der Waals surface area (Å²) in [6.07, 6.45) is 1.25. The molecule has 0 aromatic carbocycles. The third kappa shape index (κ3) is 3.29. The first-order valence-corrected chi connectivity index (χ1v) is 7.30. The summed E-state index contributed by atoms with van der Waals surface area (Å²) in [6.45, 7) is 5.20. The van der Waals surface area contributed by atoms with Crippen LogP contribution in [0.25, 0.3) is 0 Å². The summed E-state index contributed by atoms with van der Waals surface area (Å²) in [5.74, 6) is -2.07. The molecule has 2 heterocycles. The molecular formula is C13H17N2NaO5S. The summed E-state index contributed by atoms with van der Waals surface area (Å²) in [5.41, 5.74) is 0.496. The van der Waals surface area contributed by atoms with E-state index in [9.17, 15) is 19.5 Å². The number of nitrogens with one attached hydrogen (secondary N) is 1. The largest absolute Gasteiger partial charge is 1.00 e. The minimum absolute atomic E-state index is 0. The maximum Gasteiger partial charge on any atom is 1.00 e. The van der Waals surface area contributed by atoms with Crippen LogP contribution in [0.1, 0.15) is 20.8 Å². The fraction of sp³-hybridized carbons (Fsp3) is 0.615. The zero-order valence-corrected chi connectivity index (χ0v) is 16.0. The van der Waals surface area contributed by atoms with Crippen molar-refractivity contribution >= 4 is 29.6 Å². The number of allylic oxidation sites excluding steroid dienone is 1. The number of carbonyl (C=O) groups is 3. The van der Waals surface area contributed by atoms with E-state index in [2.05, 4.69) is 10.1 Å². The molecule has 0 saturated carbocycles. The average molecular weight is 336 g/mol. The number of hydrogen-bond acceptors (Lipinski definition) is 7. The molecule has 1 N–H and O–H groups in total. The second-order valence-electron chi connectivity index (χ2n) is 5.55. The van der Waals surface area contributed by atoms with Crippen LogP contribution < -0.4 is 40.0 Å². The number of thioether (sulfide) groups is 1. The van der Waals surface area contributed by atoms with E-state index in [1.807, 2.05) is 0 Å². The van der Waals surface area contributed by atoms with Crippen LogP contribution in [0.3, 0.4) is 0 Å². The van der Waals surface area contributed by atoms with Crippen molar-refractivity contribution in [1.29, 1.82) is 0 Å². The number of carboxylic acid groups (broad SMARTS) is 1. The molecule has 2 aliphatic heterocycles. The normalized spacial score (nSPS) is 29.1. The van der Waals surface area contributed by atoms with Gasteiger partial charge in [0.1, 0.15) is 11.4 Å². The van der Waals surface area contributed by atoms with E-state index >= 15 is 0 Å². The molecule has 0 spiro atoms. The molecule has 2 rings (SSSR count). The van der Waals surface area contributed by atoms with E-state index < -0.39 is 28.8 Å². The standard InChI is InChI=1S/C13H18N2O5S.Na/c1-6(5-7(16)20-4)14-8-10(17)15-9(12(18)19)13(2,3)21-11(8)15;/h5,8-9,11,14H,1-4H3,(H,18,19);/q;+1/p-1/t8-,9+,11-;/m1./s1. The van der Waals surface area contributed by atoms with Crippen LogP contribution in [-0.2, 0) is 19.1 Å². The quantitative estimate of drug-likeness (QED) is 0.241. The summed E-state index contributed by atoms with van der Waals surface area (Å²) in [7, 11) is 1.27. The Labute approximate surface area is 155 Å². The molecular weight excluding hydrogens is 319 g/mol. The Kier molecular flexibility index (Phi) is 6.00. The van der Waals surface area contributed by atoms with Crippen molar-refractivity contribution in [3.63, 3.8) is 0 Å². The van der Waals surface area contributed by atoms with Crippen molar-refractivity contribution in [2.75, 3.05) is 7.11 Å². The van der Waals surface area contributed by atoms with Crippen LogP contribution >= 0.6 is 11.8 Å². The Balaban J connectivity index is 0.00000242.